The molecule has 0 atom stereocenters. The van der Waals surface area contributed by atoms with Crippen molar-refractivity contribution in [3.05, 3.63) is 113 Å². The third-order valence-electron chi connectivity index (χ3n) is 5.59. The van der Waals surface area contributed by atoms with E-state index in [1.54, 1.807) is 12.1 Å². The Balaban J connectivity index is 1.55. The van der Waals surface area contributed by atoms with E-state index in [0.29, 0.717) is 28.7 Å². The molecule has 0 spiro atoms. The van der Waals surface area contributed by atoms with E-state index < -0.39 is 5.97 Å². The van der Waals surface area contributed by atoms with Crippen molar-refractivity contribution in [1.82, 2.24) is 0 Å². The summed E-state index contributed by atoms with van der Waals surface area (Å²) < 4.78 is 17.1. The molecule has 1 aliphatic rings. The summed E-state index contributed by atoms with van der Waals surface area (Å²) in [5.41, 5.74) is 4.64. The van der Waals surface area contributed by atoms with Crippen molar-refractivity contribution in [3.63, 3.8) is 0 Å². The van der Waals surface area contributed by atoms with E-state index in [2.05, 4.69) is 0 Å². The van der Waals surface area contributed by atoms with Crippen LogP contribution < -0.4 is 14.2 Å². The third kappa shape index (κ3) is 5.31. The van der Waals surface area contributed by atoms with E-state index in [0.717, 1.165) is 39.6 Å². The predicted octanol–water partition coefficient (Wildman–Crippen LogP) is 7.22. The number of fused-ring (bicyclic) bond motifs is 1. The minimum absolute atomic E-state index is 0.178. The number of benzene rings is 4. The number of rotatable bonds is 7. The highest BCUT2D eigenvalue weighted by molar-refractivity contribution is 6.31. The Bertz CT molecular complexity index is 1410. The second-order valence-electron chi connectivity index (χ2n) is 8.00. The molecular weight excluding hydrogens is 464 g/mol. The highest BCUT2D eigenvalue weighted by atomic mass is 35.5. The van der Waals surface area contributed by atoms with Gasteiger partial charge >= 0.3 is 5.97 Å². The molecule has 5 nitrogen and oxygen atoms in total. The number of para-hydroxylation sites is 1. The van der Waals surface area contributed by atoms with Crippen molar-refractivity contribution < 1.29 is 24.1 Å². The Morgan fingerprint density at radius 1 is 0.886 bits per heavy atom. The van der Waals surface area contributed by atoms with Crippen LogP contribution in [0.5, 0.6) is 23.0 Å². The summed E-state index contributed by atoms with van der Waals surface area (Å²) in [6, 6.07) is 26.9. The summed E-state index contributed by atoms with van der Waals surface area (Å²) in [4.78, 5) is 11.0. The highest BCUT2D eigenvalue weighted by Crippen LogP contribution is 2.39. The Labute approximate surface area is 207 Å². The van der Waals surface area contributed by atoms with E-state index in [-0.39, 0.29) is 6.79 Å². The lowest BCUT2D eigenvalue weighted by Crippen LogP contribution is -1.96. The molecule has 0 fully saturated rings. The molecule has 4 aromatic carbocycles. The molecule has 0 radical (unpaired) electrons. The number of carbonyl (C=O) groups is 1. The van der Waals surface area contributed by atoms with Crippen LogP contribution in [-0.2, 0) is 11.2 Å². The molecule has 1 aliphatic heterocycles. The summed E-state index contributed by atoms with van der Waals surface area (Å²) in [5.74, 6) is 1.76. The van der Waals surface area contributed by atoms with Gasteiger partial charge in [0.1, 0.15) is 11.5 Å². The van der Waals surface area contributed by atoms with Crippen LogP contribution in [0.2, 0.25) is 5.02 Å². The Morgan fingerprint density at radius 2 is 1.69 bits per heavy atom. The molecule has 0 unspecified atom stereocenters. The van der Waals surface area contributed by atoms with Gasteiger partial charge in [0.2, 0.25) is 6.79 Å². The molecule has 0 aliphatic carbocycles. The summed E-state index contributed by atoms with van der Waals surface area (Å²) in [6.07, 6.45) is 3.24. The minimum atomic E-state index is -0.990. The van der Waals surface area contributed by atoms with Gasteiger partial charge in [-0.2, -0.15) is 0 Å². The van der Waals surface area contributed by atoms with Gasteiger partial charge in [-0.1, -0.05) is 54.1 Å². The molecule has 1 N–H and O–H groups in total. The first-order valence-corrected chi connectivity index (χ1v) is 11.4. The third-order valence-corrected chi connectivity index (χ3v) is 5.95. The van der Waals surface area contributed by atoms with Gasteiger partial charge in [-0.05, 0) is 76.7 Å². The number of aliphatic carboxylic acids is 1. The second-order valence-corrected chi connectivity index (χ2v) is 8.41. The molecule has 35 heavy (non-hydrogen) atoms. The van der Waals surface area contributed by atoms with Crippen molar-refractivity contribution in [1.29, 1.82) is 0 Å². The van der Waals surface area contributed by atoms with Crippen molar-refractivity contribution in [3.8, 4) is 34.1 Å². The smallest absolute Gasteiger partial charge is 0.328 e. The normalized spacial score (nSPS) is 12.1. The first kappa shape index (κ1) is 22.6. The van der Waals surface area contributed by atoms with Crippen molar-refractivity contribution in [2.24, 2.45) is 0 Å². The number of hydrogen-bond acceptors (Lipinski definition) is 4. The lowest BCUT2D eigenvalue weighted by atomic mass is 9.93. The summed E-state index contributed by atoms with van der Waals surface area (Å²) in [7, 11) is 0. The molecule has 174 valence electrons. The van der Waals surface area contributed by atoms with Crippen LogP contribution in [0.4, 0.5) is 0 Å². The number of halogens is 1. The maximum absolute atomic E-state index is 11.0. The van der Waals surface area contributed by atoms with Crippen molar-refractivity contribution in [2.75, 3.05) is 6.79 Å². The summed E-state index contributed by atoms with van der Waals surface area (Å²) in [6.45, 7) is 0.178. The fourth-order valence-corrected chi connectivity index (χ4v) is 4.18. The lowest BCUT2D eigenvalue weighted by molar-refractivity contribution is -0.131. The molecule has 5 rings (SSSR count). The minimum Gasteiger partial charge on any atom is -0.478 e. The maximum Gasteiger partial charge on any atom is 0.328 e. The SMILES string of the molecule is O=C(O)/C=C/c1cccc(-c2ccc(Oc3ccccc3)cc2Cc2cc3c(cc2Cl)OCO3)c1. The van der Waals surface area contributed by atoms with Gasteiger partial charge in [0.15, 0.2) is 11.5 Å². The zero-order valence-corrected chi connectivity index (χ0v) is 19.4. The van der Waals surface area contributed by atoms with Gasteiger partial charge in [-0.25, -0.2) is 4.79 Å². The van der Waals surface area contributed by atoms with Gasteiger partial charge in [-0.3, -0.25) is 0 Å². The van der Waals surface area contributed by atoms with E-state index in [1.165, 1.54) is 0 Å². The van der Waals surface area contributed by atoms with Crippen LogP contribution in [0.25, 0.3) is 17.2 Å². The van der Waals surface area contributed by atoms with Gasteiger partial charge in [0.05, 0.1) is 0 Å². The largest absolute Gasteiger partial charge is 0.478 e. The van der Waals surface area contributed by atoms with Crippen LogP contribution in [-0.4, -0.2) is 17.9 Å². The first-order valence-electron chi connectivity index (χ1n) is 11.0. The van der Waals surface area contributed by atoms with Gasteiger partial charge in [0, 0.05) is 17.2 Å². The Kier molecular flexibility index (Phi) is 6.42. The van der Waals surface area contributed by atoms with Crippen molar-refractivity contribution >= 4 is 23.6 Å². The highest BCUT2D eigenvalue weighted by Gasteiger charge is 2.18. The summed E-state index contributed by atoms with van der Waals surface area (Å²) >= 11 is 6.59. The van der Waals surface area contributed by atoms with E-state index >= 15 is 0 Å². The number of hydrogen-bond donors (Lipinski definition) is 1. The molecule has 6 heteroatoms. The predicted molar refractivity (Wildman–Crippen MR) is 135 cm³/mol. The number of carboxylic acid groups (broad SMARTS) is 1. The van der Waals surface area contributed by atoms with Crippen LogP contribution in [0.15, 0.2) is 91.0 Å². The van der Waals surface area contributed by atoms with Crippen molar-refractivity contribution in [2.45, 2.75) is 6.42 Å². The summed E-state index contributed by atoms with van der Waals surface area (Å²) in [5, 5.41) is 9.57. The zero-order chi connectivity index (χ0) is 24.2. The zero-order valence-electron chi connectivity index (χ0n) is 18.6. The Hall–Kier alpha value is -4.22. The van der Waals surface area contributed by atoms with Gasteiger partial charge in [-0.15, -0.1) is 0 Å². The number of ether oxygens (including phenoxy) is 3. The average Bonchev–Trinajstić information content (AvgIpc) is 3.31. The standard InChI is InChI=1S/C29H21ClO5/c30-26-17-28-27(33-18-34-28)16-22(26)14-21-15-24(35-23-7-2-1-3-8-23)10-11-25(21)20-6-4-5-19(13-20)9-12-29(31)32/h1-13,15-17H,14,18H2,(H,31,32)/b12-9+. The monoisotopic (exact) mass is 484 g/mol. The van der Waals surface area contributed by atoms with Crippen LogP contribution in [0.1, 0.15) is 16.7 Å². The fourth-order valence-electron chi connectivity index (χ4n) is 3.96. The first-order chi connectivity index (χ1) is 17.0. The van der Waals surface area contributed by atoms with E-state index in [1.807, 2.05) is 78.9 Å². The molecule has 0 amide bonds. The lowest BCUT2D eigenvalue weighted by Gasteiger charge is -2.15. The molecule has 0 saturated carbocycles. The second kappa shape index (κ2) is 9.95. The van der Waals surface area contributed by atoms with E-state index in [4.69, 9.17) is 30.9 Å². The van der Waals surface area contributed by atoms with Crippen LogP contribution in [0, 0.1) is 0 Å². The van der Waals surface area contributed by atoms with Gasteiger partial charge < -0.3 is 19.3 Å². The quantitative estimate of drug-likeness (QED) is 0.280. The fraction of sp³-hybridized carbons (Fsp3) is 0.0690. The number of carboxylic acids is 1. The topological polar surface area (TPSA) is 65.0 Å². The Morgan fingerprint density at radius 3 is 2.49 bits per heavy atom. The molecule has 0 aromatic heterocycles. The maximum atomic E-state index is 11.0. The van der Waals surface area contributed by atoms with Crippen LogP contribution >= 0.6 is 11.6 Å². The molecule has 0 bridgehead atoms. The molecule has 1 heterocycles. The molecule has 0 saturated heterocycles. The molecular formula is C29H21ClO5. The van der Waals surface area contributed by atoms with E-state index in [9.17, 15) is 4.79 Å². The molecule has 4 aromatic rings. The van der Waals surface area contributed by atoms with Gasteiger partial charge in [0.25, 0.3) is 0 Å². The average molecular weight is 485 g/mol. The van der Waals surface area contributed by atoms with Crippen LogP contribution in [0.3, 0.4) is 0 Å².